The molecule has 0 unspecified atom stereocenters. The number of ketones is 1. The van der Waals surface area contributed by atoms with Crippen LogP contribution in [0.5, 0.6) is 11.5 Å². The molecule has 0 saturated carbocycles. The fraction of sp³-hybridized carbons (Fsp3) is 0.278. The molecule has 0 aliphatic rings. The summed E-state index contributed by atoms with van der Waals surface area (Å²) in [4.78, 5) is 12.4. The highest BCUT2D eigenvalue weighted by molar-refractivity contribution is 5.98. The first kappa shape index (κ1) is 15.1. The molecule has 0 saturated heterocycles. The van der Waals surface area contributed by atoms with Gasteiger partial charge in [-0.25, -0.2) is 0 Å². The summed E-state index contributed by atoms with van der Waals surface area (Å²) in [6.07, 6.45) is 1.26. The SMILES string of the molecule is CCCOc1cccc(C(=O)Cc2ccccc2OC)c1. The van der Waals surface area contributed by atoms with Gasteiger partial charge in [-0.1, -0.05) is 37.3 Å². The van der Waals surface area contributed by atoms with Gasteiger partial charge >= 0.3 is 0 Å². The molecule has 2 aromatic rings. The number of hydrogen-bond donors (Lipinski definition) is 0. The van der Waals surface area contributed by atoms with Crippen LogP contribution >= 0.6 is 0 Å². The minimum absolute atomic E-state index is 0.0569. The molecule has 0 fully saturated rings. The summed E-state index contributed by atoms with van der Waals surface area (Å²) in [7, 11) is 1.61. The van der Waals surface area contributed by atoms with Crippen LogP contribution < -0.4 is 9.47 Å². The lowest BCUT2D eigenvalue weighted by Gasteiger charge is -2.09. The first-order valence-electron chi connectivity index (χ1n) is 7.12. The van der Waals surface area contributed by atoms with Crippen molar-refractivity contribution in [1.82, 2.24) is 0 Å². The number of para-hydroxylation sites is 1. The summed E-state index contributed by atoms with van der Waals surface area (Å²) in [5.41, 5.74) is 1.55. The lowest BCUT2D eigenvalue weighted by molar-refractivity contribution is 0.0991. The zero-order valence-electron chi connectivity index (χ0n) is 12.5. The van der Waals surface area contributed by atoms with Crippen LogP contribution in [0.15, 0.2) is 48.5 Å². The average molecular weight is 284 g/mol. The fourth-order valence-corrected chi connectivity index (χ4v) is 2.10. The summed E-state index contributed by atoms with van der Waals surface area (Å²) in [6.45, 7) is 2.71. The molecule has 0 heterocycles. The van der Waals surface area contributed by atoms with Gasteiger partial charge in [0.2, 0.25) is 0 Å². The second-order valence-electron chi connectivity index (χ2n) is 4.79. The predicted octanol–water partition coefficient (Wildman–Crippen LogP) is 3.91. The smallest absolute Gasteiger partial charge is 0.167 e. The van der Waals surface area contributed by atoms with E-state index in [9.17, 15) is 4.79 Å². The van der Waals surface area contributed by atoms with E-state index in [1.165, 1.54) is 0 Å². The Hall–Kier alpha value is -2.29. The Labute approximate surface area is 125 Å². The number of methoxy groups -OCH3 is 1. The van der Waals surface area contributed by atoms with E-state index in [1.54, 1.807) is 13.2 Å². The van der Waals surface area contributed by atoms with Gasteiger partial charge in [0.05, 0.1) is 13.7 Å². The molecule has 0 aliphatic carbocycles. The van der Waals surface area contributed by atoms with E-state index in [1.807, 2.05) is 42.5 Å². The standard InChI is InChI=1S/C18H20O3/c1-3-11-21-16-9-6-8-14(12-16)17(19)13-15-7-4-5-10-18(15)20-2/h4-10,12H,3,11,13H2,1-2H3. The Morgan fingerprint density at radius 1 is 1.10 bits per heavy atom. The Kier molecular flexibility index (Phi) is 5.38. The number of ether oxygens (including phenoxy) is 2. The molecule has 0 radical (unpaired) electrons. The van der Waals surface area contributed by atoms with Crippen molar-refractivity contribution >= 4 is 5.78 Å². The maximum Gasteiger partial charge on any atom is 0.167 e. The van der Waals surface area contributed by atoms with E-state index >= 15 is 0 Å². The van der Waals surface area contributed by atoms with Gasteiger partial charge in [-0.3, -0.25) is 4.79 Å². The van der Waals surface area contributed by atoms with Gasteiger partial charge in [0.15, 0.2) is 5.78 Å². The van der Waals surface area contributed by atoms with Crippen LogP contribution in [0.3, 0.4) is 0 Å². The number of Topliss-reactive ketones (excluding diaryl/α,β-unsaturated/α-hetero) is 1. The summed E-state index contributed by atoms with van der Waals surface area (Å²) in [6, 6.07) is 14.9. The Balaban J connectivity index is 2.13. The van der Waals surface area contributed by atoms with E-state index in [2.05, 4.69) is 6.92 Å². The molecule has 0 amide bonds. The highest BCUT2D eigenvalue weighted by Crippen LogP contribution is 2.21. The molecule has 110 valence electrons. The lowest BCUT2D eigenvalue weighted by Crippen LogP contribution is -2.05. The average Bonchev–Trinajstić information content (AvgIpc) is 2.53. The van der Waals surface area contributed by atoms with Gasteiger partial charge in [-0.05, 0) is 24.6 Å². The minimum Gasteiger partial charge on any atom is -0.496 e. The van der Waals surface area contributed by atoms with Crippen LogP contribution in [0.2, 0.25) is 0 Å². The van der Waals surface area contributed by atoms with E-state index < -0.39 is 0 Å². The van der Waals surface area contributed by atoms with Crippen molar-refractivity contribution in [3.63, 3.8) is 0 Å². The molecule has 3 nitrogen and oxygen atoms in total. The van der Waals surface area contributed by atoms with E-state index in [0.29, 0.717) is 18.6 Å². The third-order valence-corrected chi connectivity index (χ3v) is 3.17. The minimum atomic E-state index is 0.0569. The van der Waals surface area contributed by atoms with Crippen LogP contribution in [0.4, 0.5) is 0 Å². The van der Waals surface area contributed by atoms with Gasteiger partial charge in [-0.2, -0.15) is 0 Å². The highest BCUT2D eigenvalue weighted by atomic mass is 16.5. The van der Waals surface area contributed by atoms with Crippen molar-refractivity contribution in [2.75, 3.05) is 13.7 Å². The molecule has 0 aromatic heterocycles. The second-order valence-corrected chi connectivity index (χ2v) is 4.79. The molecule has 2 rings (SSSR count). The summed E-state index contributed by atoms with van der Waals surface area (Å²) >= 11 is 0. The van der Waals surface area contributed by atoms with Gasteiger partial charge < -0.3 is 9.47 Å². The van der Waals surface area contributed by atoms with Gasteiger partial charge in [0, 0.05) is 17.5 Å². The Bertz CT molecular complexity index is 605. The van der Waals surface area contributed by atoms with Crippen LogP contribution in [0.25, 0.3) is 0 Å². The number of rotatable bonds is 7. The second kappa shape index (κ2) is 7.48. The van der Waals surface area contributed by atoms with Gasteiger partial charge in [0.25, 0.3) is 0 Å². The quantitative estimate of drug-likeness (QED) is 0.723. The molecule has 0 aliphatic heterocycles. The molecule has 0 spiro atoms. The molecule has 21 heavy (non-hydrogen) atoms. The highest BCUT2D eigenvalue weighted by Gasteiger charge is 2.11. The molecule has 0 atom stereocenters. The molecular weight excluding hydrogens is 264 g/mol. The van der Waals surface area contributed by atoms with E-state index in [-0.39, 0.29) is 5.78 Å². The zero-order valence-corrected chi connectivity index (χ0v) is 12.5. The molecule has 0 bridgehead atoms. The van der Waals surface area contributed by atoms with Crippen LogP contribution in [0.1, 0.15) is 29.3 Å². The zero-order chi connectivity index (χ0) is 15.1. The van der Waals surface area contributed by atoms with Crippen molar-refractivity contribution < 1.29 is 14.3 Å². The molecule has 2 aromatic carbocycles. The van der Waals surface area contributed by atoms with Crippen LogP contribution in [0, 0.1) is 0 Å². The van der Waals surface area contributed by atoms with Crippen molar-refractivity contribution in [1.29, 1.82) is 0 Å². The molecule has 0 N–H and O–H groups in total. The fourth-order valence-electron chi connectivity index (χ4n) is 2.10. The predicted molar refractivity (Wildman–Crippen MR) is 83.3 cm³/mol. The first-order valence-corrected chi connectivity index (χ1v) is 7.12. The van der Waals surface area contributed by atoms with Crippen molar-refractivity contribution in [3.05, 3.63) is 59.7 Å². The normalized spacial score (nSPS) is 10.2. The van der Waals surface area contributed by atoms with E-state index in [0.717, 1.165) is 23.5 Å². The number of carbonyl (C=O) groups is 1. The summed E-state index contributed by atoms with van der Waals surface area (Å²) < 4.78 is 10.8. The third kappa shape index (κ3) is 4.09. The van der Waals surface area contributed by atoms with E-state index in [4.69, 9.17) is 9.47 Å². The first-order chi connectivity index (χ1) is 10.2. The number of benzene rings is 2. The van der Waals surface area contributed by atoms with Crippen LogP contribution in [-0.2, 0) is 6.42 Å². The Morgan fingerprint density at radius 2 is 1.90 bits per heavy atom. The van der Waals surface area contributed by atoms with Crippen molar-refractivity contribution in [3.8, 4) is 11.5 Å². The monoisotopic (exact) mass is 284 g/mol. The van der Waals surface area contributed by atoms with Gasteiger partial charge in [-0.15, -0.1) is 0 Å². The maximum atomic E-state index is 12.4. The summed E-state index contributed by atoms with van der Waals surface area (Å²) in [5, 5.41) is 0. The Morgan fingerprint density at radius 3 is 2.67 bits per heavy atom. The molecular formula is C18H20O3. The topological polar surface area (TPSA) is 35.5 Å². The van der Waals surface area contributed by atoms with Crippen molar-refractivity contribution in [2.45, 2.75) is 19.8 Å². The lowest BCUT2D eigenvalue weighted by atomic mass is 10.0. The maximum absolute atomic E-state index is 12.4. The number of hydrogen-bond acceptors (Lipinski definition) is 3. The van der Waals surface area contributed by atoms with Crippen molar-refractivity contribution in [2.24, 2.45) is 0 Å². The summed E-state index contributed by atoms with van der Waals surface area (Å²) in [5.74, 6) is 1.54. The van der Waals surface area contributed by atoms with Gasteiger partial charge in [0.1, 0.15) is 11.5 Å². The third-order valence-electron chi connectivity index (χ3n) is 3.17. The number of carbonyl (C=O) groups excluding carboxylic acids is 1. The van der Waals surface area contributed by atoms with Crippen LogP contribution in [-0.4, -0.2) is 19.5 Å². The molecule has 3 heteroatoms. The largest absolute Gasteiger partial charge is 0.496 e.